The van der Waals surface area contributed by atoms with Crippen LogP contribution in [0.25, 0.3) is 0 Å². The molecule has 0 aromatic rings. The Hall–Kier alpha value is 0. The minimum absolute atomic E-state index is 0.546. The minimum atomic E-state index is 0.546. The first-order chi connectivity index (χ1) is 7.09. The summed E-state index contributed by atoms with van der Waals surface area (Å²) in [6.07, 6.45) is 12.1. The van der Waals surface area contributed by atoms with Crippen molar-refractivity contribution >= 4 is 0 Å². The lowest BCUT2D eigenvalue weighted by Crippen LogP contribution is -2.32. The zero-order valence-electron chi connectivity index (χ0n) is 10.9. The van der Waals surface area contributed by atoms with Gasteiger partial charge in [0.2, 0.25) is 0 Å². The molecule has 0 atom stereocenters. The quantitative estimate of drug-likeness (QED) is 0.524. The molecule has 2 aliphatic carbocycles. The number of hydrogen-bond donors (Lipinski definition) is 0. The van der Waals surface area contributed by atoms with Gasteiger partial charge in [0.1, 0.15) is 0 Å². The Kier molecular flexibility index (Phi) is 3.42. The standard InChI is InChI=1S/C15H28/c1-15(2,3)14-12-8-4-5-9-13(14)11-7-6-10-12/h12-14H,4-11H2,1-3H3. The normalized spacial score (nSPS) is 38.2. The second-order valence-corrected chi connectivity index (χ2v) is 6.98. The maximum absolute atomic E-state index is 2.48. The van der Waals surface area contributed by atoms with Gasteiger partial charge in [-0.15, -0.1) is 0 Å². The number of rotatable bonds is 0. The van der Waals surface area contributed by atoms with Crippen LogP contribution >= 0.6 is 0 Å². The van der Waals surface area contributed by atoms with Crippen molar-refractivity contribution in [3.05, 3.63) is 0 Å². The molecule has 0 heterocycles. The van der Waals surface area contributed by atoms with Crippen molar-refractivity contribution in [2.24, 2.45) is 23.2 Å². The molecular weight excluding hydrogens is 180 g/mol. The number of hydrogen-bond acceptors (Lipinski definition) is 0. The second kappa shape index (κ2) is 4.47. The highest BCUT2D eigenvalue weighted by atomic mass is 14.4. The van der Waals surface area contributed by atoms with Crippen LogP contribution in [0.15, 0.2) is 0 Å². The molecule has 0 radical (unpaired) electrons. The molecule has 15 heavy (non-hydrogen) atoms. The highest BCUT2D eigenvalue weighted by Crippen LogP contribution is 2.49. The largest absolute Gasteiger partial charge is 0.0599 e. The average molecular weight is 208 g/mol. The lowest BCUT2D eigenvalue weighted by atomic mass is 9.65. The van der Waals surface area contributed by atoms with Gasteiger partial charge in [0.15, 0.2) is 0 Å². The fraction of sp³-hybridized carbons (Fsp3) is 1.00. The topological polar surface area (TPSA) is 0 Å². The van der Waals surface area contributed by atoms with Crippen LogP contribution in [0.4, 0.5) is 0 Å². The van der Waals surface area contributed by atoms with Crippen LogP contribution in [0.5, 0.6) is 0 Å². The van der Waals surface area contributed by atoms with Crippen LogP contribution in [0.2, 0.25) is 0 Å². The second-order valence-electron chi connectivity index (χ2n) is 6.98. The highest BCUT2D eigenvalue weighted by Gasteiger charge is 2.39. The Morgan fingerprint density at radius 2 is 1.00 bits per heavy atom. The van der Waals surface area contributed by atoms with Crippen molar-refractivity contribution in [1.82, 2.24) is 0 Å². The maximum atomic E-state index is 2.48. The third-order valence-electron chi connectivity index (χ3n) is 4.82. The molecule has 0 spiro atoms. The Bertz CT molecular complexity index is 171. The summed E-state index contributed by atoms with van der Waals surface area (Å²) in [5, 5.41) is 0. The van der Waals surface area contributed by atoms with Gasteiger partial charge >= 0.3 is 0 Å². The summed E-state index contributed by atoms with van der Waals surface area (Å²) in [7, 11) is 0. The summed E-state index contributed by atoms with van der Waals surface area (Å²) in [4.78, 5) is 0. The summed E-state index contributed by atoms with van der Waals surface area (Å²) < 4.78 is 0. The SMILES string of the molecule is CC(C)(C)C1C2CCCCC1CCCC2. The van der Waals surface area contributed by atoms with E-state index in [-0.39, 0.29) is 0 Å². The molecule has 2 fully saturated rings. The molecule has 0 aromatic carbocycles. The lowest BCUT2D eigenvalue weighted by Gasteiger charge is -2.40. The Balaban J connectivity index is 2.21. The van der Waals surface area contributed by atoms with Gasteiger partial charge in [0.25, 0.3) is 0 Å². The molecule has 2 bridgehead atoms. The monoisotopic (exact) mass is 208 g/mol. The van der Waals surface area contributed by atoms with E-state index < -0.39 is 0 Å². The average Bonchev–Trinajstić information content (AvgIpc) is 2.46. The molecule has 88 valence electrons. The zero-order chi connectivity index (χ0) is 10.9. The molecular formula is C15H28. The highest BCUT2D eigenvalue weighted by molar-refractivity contribution is 4.89. The van der Waals surface area contributed by atoms with E-state index in [1.807, 2.05) is 0 Å². The van der Waals surface area contributed by atoms with E-state index in [0.717, 1.165) is 17.8 Å². The van der Waals surface area contributed by atoms with E-state index in [9.17, 15) is 0 Å². The predicted octanol–water partition coefficient (Wildman–Crippen LogP) is 5.03. The molecule has 0 nitrogen and oxygen atoms in total. The van der Waals surface area contributed by atoms with Crippen LogP contribution in [0.1, 0.15) is 72.1 Å². The third kappa shape index (κ3) is 2.57. The third-order valence-corrected chi connectivity index (χ3v) is 4.82. The fourth-order valence-electron chi connectivity index (χ4n) is 4.43. The van der Waals surface area contributed by atoms with Gasteiger partial charge in [0.05, 0.1) is 0 Å². The van der Waals surface area contributed by atoms with E-state index in [1.54, 1.807) is 0 Å². The van der Waals surface area contributed by atoms with Gasteiger partial charge in [-0.3, -0.25) is 0 Å². The molecule has 0 aliphatic heterocycles. The first-order valence-electron chi connectivity index (χ1n) is 7.09. The van der Waals surface area contributed by atoms with Crippen LogP contribution in [-0.4, -0.2) is 0 Å². The van der Waals surface area contributed by atoms with Crippen molar-refractivity contribution in [3.8, 4) is 0 Å². The van der Waals surface area contributed by atoms with Gasteiger partial charge in [0, 0.05) is 0 Å². The molecule has 0 heteroatoms. The summed E-state index contributed by atoms with van der Waals surface area (Å²) in [6.45, 7) is 7.44. The molecule has 2 aliphatic rings. The summed E-state index contributed by atoms with van der Waals surface area (Å²) in [5.41, 5.74) is 0.546. The molecule has 0 unspecified atom stereocenters. The zero-order valence-corrected chi connectivity index (χ0v) is 10.9. The van der Waals surface area contributed by atoms with Crippen molar-refractivity contribution in [2.75, 3.05) is 0 Å². The Morgan fingerprint density at radius 1 is 0.667 bits per heavy atom. The Labute approximate surface area is 95.8 Å². The first-order valence-corrected chi connectivity index (χ1v) is 7.09. The van der Waals surface area contributed by atoms with Crippen molar-refractivity contribution in [3.63, 3.8) is 0 Å². The minimum Gasteiger partial charge on any atom is -0.0599 e. The van der Waals surface area contributed by atoms with E-state index in [1.165, 1.54) is 51.4 Å². The van der Waals surface area contributed by atoms with Gasteiger partial charge in [-0.05, 0) is 23.2 Å². The summed E-state index contributed by atoms with van der Waals surface area (Å²) in [6, 6.07) is 0. The molecule has 2 rings (SSSR count). The smallest absolute Gasteiger partial charge is 0.0309 e. The summed E-state index contributed by atoms with van der Waals surface area (Å²) in [5.74, 6) is 3.13. The Morgan fingerprint density at radius 3 is 1.27 bits per heavy atom. The van der Waals surface area contributed by atoms with Crippen LogP contribution < -0.4 is 0 Å². The van der Waals surface area contributed by atoms with Crippen molar-refractivity contribution in [2.45, 2.75) is 72.1 Å². The van der Waals surface area contributed by atoms with Gasteiger partial charge in [-0.1, -0.05) is 72.1 Å². The van der Waals surface area contributed by atoms with E-state index in [2.05, 4.69) is 20.8 Å². The molecule has 2 saturated carbocycles. The molecule has 0 saturated heterocycles. The maximum Gasteiger partial charge on any atom is -0.0309 e. The lowest BCUT2D eigenvalue weighted by molar-refractivity contribution is 0.0928. The first kappa shape index (κ1) is 11.5. The van der Waals surface area contributed by atoms with E-state index >= 15 is 0 Å². The van der Waals surface area contributed by atoms with Crippen molar-refractivity contribution in [1.29, 1.82) is 0 Å². The molecule has 0 aromatic heterocycles. The van der Waals surface area contributed by atoms with E-state index in [0.29, 0.717) is 5.41 Å². The van der Waals surface area contributed by atoms with Gasteiger partial charge < -0.3 is 0 Å². The van der Waals surface area contributed by atoms with Crippen molar-refractivity contribution < 1.29 is 0 Å². The number of fused-ring (bicyclic) bond motifs is 2. The van der Waals surface area contributed by atoms with Crippen LogP contribution in [0, 0.1) is 23.2 Å². The van der Waals surface area contributed by atoms with Gasteiger partial charge in [-0.2, -0.15) is 0 Å². The van der Waals surface area contributed by atoms with E-state index in [4.69, 9.17) is 0 Å². The predicted molar refractivity (Wildman–Crippen MR) is 66.9 cm³/mol. The van der Waals surface area contributed by atoms with Gasteiger partial charge in [-0.25, -0.2) is 0 Å². The molecule has 0 N–H and O–H groups in total. The van der Waals surface area contributed by atoms with Crippen LogP contribution in [0.3, 0.4) is 0 Å². The molecule has 0 amide bonds. The fourth-order valence-corrected chi connectivity index (χ4v) is 4.43. The van der Waals surface area contributed by atoms with Crippen LogP contribution in [-0.2, 0) is 0 Å². The summed E-state index contributed by atoms with van der Waals surface area (Å²) >= 11 is 0.